The molecule has 1 heterocycles. The lowest BCUT2D eigenvalue weighted by atomic mass is 10.0. The Labute approximate surface area is 163 Å². The first-order valence-electron chi connectivity index (χ1n) is 9.09. The van der Waals surface area contributed by atoms with Gasteiger partial charge in [0.2, 0.25) is 5.78 Å². The zero-order valence-electron chi connectivity index (χ0n) is 16.4. The molecule has 28 heavy (non-hydrogen) atoms. The van der Waals surface area contributed by atoms with Crippen LogP contribution in [0.1, 0.15) is 40.3 Å². The number of rotatable bonds is 7. The zero-order chi connectivity index (χ0) is 20.3. The Morgan fingerprint density at radius 3 is 2.57 bits per heavy atom. The lowest BCUT2D eigenvalue weighted by molar-refractivity contribution is 0.0318. The molecule has 146 valence electrons. The van der Waals surface area contributed by atoms with E-state index in [1.165, 1.54) is 7.11 Å². The Morgan fingerprint density at radius 2 is 1.86 bits per heavy atom. The molecule has 0 aliphatic rings. The quantitative estimate of drug-likeness (QED) is 0.487. The summed E-state index contributed by atoms with van der Waals surface area (Å²) >= 11 is 0. The van der Waals surface area contributed by atoms with Crippen LogP contribution in [-0.4, -0.2) is 36.6 Å². The summed E-state index contributed by atoms with van der Waals surface area (Å²) in [6.07, 6.45) is -0.928. The zero-order valence-corrected chi connectivity index (χ0v) is 16.4. The molecular formula is C22H23NO5. The molecule has 0 bridgehead atoms. The molecule has 0 saturated heterocycles. The van der Waals surface area contributed by atoms with Gasteiger partial charge in [-0.1, -0.05) is 18.2 Å². The van der Waals surface area contributed by atoms with Crippen LogP contribution in [0.2, 0.25) is 0 Å². The number of nitrogens with one attached hydrogen (secondary N) is 1. The highest BCUT2D eigenvalue weighted by molar-refractivity contribution is 6.11. The van der Waals surface area contributed by atoms with Crippen molar-refractivity contribution in [3.05, 3.63) is 59.3 Å². The van der Waals surface area contributed by atoms with E-state index in [0.29, 0.717) is 23.7 Å². The van der Waals surface area contributed by atoms with Crippen molar-refractivity contribution in [1.29, 1.82) is 0 Å². The molecule has 1 N–H and O–H groups in total. The van der Waals surface area contributed by atoms with Crippen molar-refractivity contribution in [2.45, 2.75) is 26.9 Å². The van der Waals surface area contributed by atoms with E-state index in [2.05, 4.69) is 4.98 Å². The number of ether oxygens (including phenoxy) is 3. The fourth-order valence-corrected chi connectivity index (χ4v) is 3.15. The summed E-state index contributed by atoms with van der Waals surface area (Å²) in [7, 11) is 1.50. The number of aromatic amines is 1. The van der Waals surface area contributed by atoms with Crippen LogP contribution in [0.3, 0.4) is 0 Å². The van der Waals surface area contributed by atoms with Crippen molar-refractivity contribution >= 4 is 22.7 Å². The Bertz CT molecular complexity index is 1020. The molecular weight excluding hydrogens is 358 g/mol. The number of esters is 1. The Balaban J connectivity index is 1.80. The van der Waals surface area contributed by atoms with Crippen LogP contribution in [0.4, 0.5) is 0 Å². The predicted molar refractivity (Wildman–Crippen MR) is 106 cm³/mol. The molecule has 0 amide bonds. The van der Waals surface area contributed by atoms with Crippen molar-refractivity contribution in [3.8, 4) is 11.5 Å². The van der Waals surface area contributed by atoms with E-state index in [-0.39, 0.29) is 11.3 Å². The number of aryl methyl sites for hydroxylation is 1. The molecule has 0 aliphatic heterocycles. The van der Waals surface area contributed by atoms with Crippen molar-refractivity contribution in [2.24, 2.45) is 0 Å². The summed E-state index contributed by atoms with van der Waals surface area (Å²) in [4.78, 5) is 28.7. The van der Waals surface area contributed by atoms with Crippen molar-refractivity contribution in [1.82, 2.24) is 4.98 Å². The minimum Gasteiger partial charge on any atom is -0.493 e. The Morgan fingerprint density at radius 1 is 1.11 bits per heavy atom. The number of para-hydroxylation sites is 1. The highest BCUT2D eigenvalue weighted by atomic mass is 16.5. The average molecular weight is 381 g/mol. The lowest BCUT2D eigenvalue weighted by Crippen LogP contribution is -2.25. The molecule has 0 unspecified atom stereocenters. The van der Waals surface area contributed by atoms with Crippen LogP contribution in [-0.2, 0) is 4.74 Å². The summed E-state index contributed by atoms with van der Waals surface area (Å²) in [6, 6.07) is 12.3. The van der Waals surface area contributed by atoms with Crippen LogP contribution < -0.4 is 9.47 Å². The van der Waals surface area contributed by atoms with Gasteiger partial charge in [0.1, 0.15) is 0 Å². The third-order valence-corrected chi connectivity index (χ3v) is 4.49. The lowest BCUT2D eigenvalue weighted by Gasteiger charge is -2.14. The van der Waals surface area contributed by atoms with E-state index >= 15 is 0 Å². The first-order valence-corrected chi connectivity index (χ1v) is 9.09. The monoisotopic (exact) mass is 381 g/mol. The number of fused-ring (bicyclic) bond motifs is 1. The van der Waals surface area contributed by atoms with E-state index in [4.69, 9.17) is 14.2 Å². The number of Topliss-reactive ketones (excluding diaryl/α,β-unsaturated/α-hetero) is 1. The summed E-state index contributed by atoms with van der Waals surface area (Å²) in [5, 5.41) is 0.815. The molecule has 1 aromatic heterocycles. The molecule has 0 radical (unpaired) electrons. The molecule has 0 aliphatic carbocycles. The predicted octanol–water partition coefficient (Wildman–Crippen LogP) is 4.31. The van der Waals surface area contributed by atoms with Gasteiger partial charge in [-0.3, -0.25) is 4.79 Å². The molecule has 2 aromatic carbocycles. The number of hydrogen-bond donors (Lipinski definition) is 1. The number of carbonyl (C=O) groups is 2. The van der Waals surface area contributed by atoms with Crippen LogP contribution in [0.25, 0.3) is 10.9 Å². The number of H-pyrrole nitrogens is 1. The minimum absolute atomic E-state index is 0.249. The normalized spacial score (nSPS) is 11.9. The first-order chi connectivity index (χ1) is 13.5. The van der Waals surface area contributed by atoms with E-state index < -0.39 is 12.1 Å². The van der Waals surface area contributed by atoms with E-state index in [1.807, 2.05) is 38.1 Å². The fourth-order valence-electron chi connectivity index (χ4n) is 3.15. The van der Waals surface area contributed by atoms with Crippen LogP contribution in [0, 0.1) is 6.92 Å². The summed E-state index contributed by atoms with van der Waals surface area (Å²) < 4.78 is 16.1. The van der Waals surface area contributed by atoms with Gasteiger partial charge in [0.25, 0.3) is 0 Å². The van der Waals surface area contributed by atoms with Gasteiger partial charge < -0.3 is 19.2 Å². The Hall–Kier alpha value is -3.28. The molecule has 0 spiro atoms. The highest BCUT2D eigenvalue weighted by Crippen LogP contribution is 2.29. The maximum absolute atomic E-state index is 12.9. The number of methoxy groups -OCH3 is 1. The molecule has 6 nitrogen and oxygen atoms in total. The standard InChI is InChI=1S/C22H23NO5/c1-5-27-18-11-10-15(12-19(18)26-4)22(25)28-14(3)21(24)20-13(2)23-17-9-7-6-8-16(17)20/h6-12,14,23H,5H2,1-4H3/t14-/m1/s1. The number of hydrogen-bond acceptors (Lipinski definition) is 5. The van der Waals surface area contributed by atoms with Crippen LogP contribution in [0.5, 0.6) is 11.5 Å². The second-order valence-corrected chi connectivity index (χ2v) is 6.38. The SMILES string of the molecule is CCOc1ccc(C(=O)O[C@H](C)C(=O)c2c(C)[nH]c3ccccc23)cc1OC. The first kappa shape index (κ1) is 19.5. The average Bonchev–Trinajstić information content (AvgIpc) is 3.03. The third kappa shape index (κ3) is 3.71. The van der Waals surface area contributed by atoms with Gasteiger partial charge in [-0.15, -0.1) is 0 Å². The molecule has 1 atom stereocenters. The van der Waals surface area contributed by atoms with Gasteiger partial charge in [0, 0.05) is 22.2 Å². The molecule has 0 saturated carbocycles. The van der Waals surface area contributed by atoms with Crippen LogP contribution >= 0.6 is 0 Å². The minimum atomic E-state index is -0.928. The van der Waals surface area contributed by atoms with E-state index in [1.54, 1.807) is 25.1 Å². The van der Waals surface area contributed by atoms with E-state index in [0.717, 1.165) is 16.6 Å². The maximum atomic E-state index is 12.9. The summed E-state index contributed by atoms with van der Waals surface area (Å²) in [5.74, 6) is 0.128. The van der Waals surface area contributed by atoms with Crippen molar-refractivity contribution in [2.75, 3.05) is 13.7 Å². The second-order valence-electron chi connectivity index (χ2n) is 6.38. The fraction of sp³-hybridized carbons (Fsp3) is 0.273. The van der Waals surface area contributed by atoms with Gasteiger partial charge in [-0.2, -0.15) is 0 Å². The number of benzene rings is 2. The topological polar surface area (TPSA) is 77.6 Å². The third-order valence-electron chi connectivity index (χ3n) is 4.49. The number of carbonyl (C=O) groups excluding carboxylic acids is 2. The second kappa shape index (κ2) is 8.17. The van der Waals surface area contributed by atoms with Gasteiger partial charge >= 0.3 is 5.97 Å². The Kier molecular flexibility index (Phi) is 5.68. The van der Waals surface area contributed by atoms with Gasteiger partial charge in [0.15, 0.2) is 17.6 Å². The van der Waals surface area contributed by atoms with E-state index in [9.17, 15) is 9.59 Å². The van der Waals surface area contributed by atoms with Crippen molar-refractivity contribution in [3.63, 3.8) is 0 Å². The van der Waals surface area contributed by atoms with Gasteiger partial charge in [-0.05, 0) is 45.0 Å². The highest BCUT2D eigenvalue weighted by Gasteiger charge is 2.25. The maximum Gasteiger partial charge on any atom is 0.338 e. The molecule has 0 fully saturated rings. The number of aromatic nitrogens is 1. The molecule has 6 heteroatoms. The largest absolute Gasteiger partial charge is 0.493 e. The number of ketones is 1. The summed E-state index contributed by atoms with van der Waals surface area (Å²) in [5.41, 5.74) is 2.45. The van der Waals surface area contributed by atoms with Crippen molar-refractivity contribution < 1.29 is 23.8 Å². The van der Waals surface area contributed by atoms with Gasteiger partial charge in [-0.25, -0.2) is 4.79 Å². The van der Waals surface area contributed by atoms with Gasteiger partial charge in [0.05, 0.1) is 19.3 Å². The van der Waals surface area contributed by atoms with Crippen LogP contribution in [0.15, 0.2) is 42.5 Å². The molecule has 3 rings (SSSR count). The molecule has 3 aromatic rings. The smallest absolute Gasteiger partial charge is 0.338 e. The summed E-state index contributed by atoms with van der Waals surface area (Å²) in [6.45, 7) is 5.75.